The summed E-state index contributed by atoms with van der Waals surface area (Å²) in [5.74, 6) is 1.06. The van der Waals surface area contributed by atoms with Crippen LogP contribution in [0.1, 0.15) is 22.3 Å². The van der Waals surface area contributed by atoms with Crippen molar-refractivity contribution in [3.63, 3.8) is 0 Å². The number of hydrogen-bond donors (Lipinski definition) is 1. The molecule has 1 fully saturated rings. The van der Waals surface area contributed by atoms with E-state index in [9.17, 15) is 4.79 Å². The summed E-state index contributed by atoms with van der Waals surface area (Å²) in [4.78, 5) is 15.0. The van der Waals surface area contributed by atoms with E-state index in [0.29, 0.717) is 23.7 Å². The molecule has 0 radical (unpaired) electrons. The van der Waals surface area contributed by atoms with Gasteiger partial charge in [0.25, 0.3) is 5.91 Å². The van der Waals surface area contributed by atoms with Crippen LogP contribution >= 0.6 is 0 Å². The summed E-state index contributed by atoms with van der Waals surface area (Å²) >= 11 is 0. The van der Waals surface area contributed by atoms with E-state index in [2.05, 4.69) is 41.1 Å². The number of carbonyl (C=O) groups is 1. The topological polar surface area (TPSA) is 50.8 Å². The average molecular weight is 366 g/mol. The maximum absolute atomic E-state index is 12.6. The number of amides is 1. The molecule has 2 aromatic rings. The van der Waals surface area contributed by atoms with Crippen LogP contribution in [0.5, 0.6) is 11.5 Å². The largest absolute Gasteiger partial charge is 0.493 e. The highest BCUT2D eigenvalue weighted by Gasteiger charge is 2.24. The number of methoxy groups -OCH3 is 1. The van der Waals surface area contributed by atoms with Crippen molar-refractivity contribution in [3.05, 3.63) is 72.3 Å². The molecule has 3 rings (SSSR count). The fourth-order valence-corrected chi connectivity index (χ4v) is 3.28. The standard InChI is InChI=1S/C22H26N2O3/c1-3-13-27-20-10-9-18(14-21(20)26-2)22(25)23-19-11-12-24(16-19)15-17-7-5-4-6-8-17/h3-10,14,19H,1,11-13,15-16H2,2H3,(H,23,25). The van der Waals surface area contributed by atoms with Gasteiger partial charge < -0.3 is 14.8 Å². The lowest BCUT2D eigenvalue weighted by Gasteiger charge is -2.17. The van der Waals surface area contributed by atoms with Crippen molar-refractivity contribution >= 4 is 5.91 Å². The van der Waals surface area contributed by atoms with Gasteiger partial charge in [-0.05, 0) is 30.2 Å². The summed E-state index contributed by atoms with van der Waals surface area (Å²) in [6, 6.07) is 15.8. The molecule has 0 aromatic heterocycles. The van der Waals surface area contributed by atoms with Gasteiger partial charge in [-0.3, -0.25) is 9.69 Å². The summed E-state index contributed by atoms with van der Waals surface area (Å²) in [7, 11) is 1.57. The molecule has 1 saturated heterocycles. The Hall–Kier alpha value is -2.79. The summed E-state index contributed by atoms with van der Waals surface area (Å²) in [5.41, 5.74) is 1.86. The van der Waals surface area contributed by atoms with Gasteiger partial charge in [0, 0.05) is 31.2 Å². The number of likely N-dealkylation sites (tertiary alicyclic amines) is 1. The van der Waals surface area contributed by atoms with Gasteiger partial charge in [0.1, 0.15) is 6.61 Å². The summed E-state index contributed by atoms with van der Waals surface area (Å²) in [6.07, 6.45) is 2.62. The van der Waals surface area contributed by atoms with Gasteiger partial charge in [-0.2, -0.15) is 0 Å². The first-order valence-electron chi connectivity index (χ1n) is 9.18. The third-order valence-electron chi connectivity index (χ3n) is 4.64. The highest BCUT2D eigenvalue weighted by atomic mass is 16.5. The van der Waals surface area contributed by atoms with Gasteiger partial charge in [0.05, 0.1) is 7.11 Å². The molecule has 5 heteroatoms. The van der Waals surface area contributed by atoms with Crippen molar-refractivity contribution in [2.24, 2.45) is 0 Å². The fraction of sp³-hybridized carbons (Fsp3) is 0.318. The van der Waals surface area contributed by atoms with Crippen LogP contribution in [0, 0.1) is 0 Å². The second-order valence-corrected chi connectivity index (χ2v) is 6.65. The molecule has 1 unspecified atom stereocenters. The van der Waals surface area contributed by atoms with Crippen molar-refractivity contribution < 1.29 is 14.3 Å². The number of rotatable bonds is 8. The maximum Gasteiger partial charge on any atom is 0.251 e. The normalized spacial score (nSPS) is 16.7. The molecule has 1 aliphatic rings. The van der Waals surface area contributed by atoms with Crippen LogP contribution in [0.4, 0.5) is 0 Å². The van der Waals surface area contributed by atoms with E-state index < -0.39 is 0 Å². The Bertz CT molecular complexity index is 776. The Kier molecular flexibility index (Phi) is 6.49. The number of ether oxygens (including phenoxy) is 2. The number of nitrogens with one attached hydrogen (secondary N) is 1. The van der Waals surface area contributed by atoms with E-state index in [1.807, 2.05) is 6.07 Å². The molecule has 0 saturated carbocycles. The molecule has 27 heavy (non-hydrogen) atoms. The number of hydrogen-bond acceptors (Lipinski definition) is 4. The lowest BCUT2D eigenvalue weighted by Crippen LogP contribution is -2.37. The smallest absolute Gasteiger partial charge is 0.251 e. The van der Waals surface area contributed by atoms with Crippen molar-refractivity contribution in [1.82, 2.24) is 10.2 Å². The molecule has 0 aliphatic carbocycles. The Labute approximate surface area is 160 Å². The monoisotopic (exact) mass is 366 g/mol. The molecular weight excluding hydrogens is 340 g/mol. The number of benzene rings is 2. The van der Waals surface area contributed by atoms with Gasteiger partial charge in [0.2, 0.25) is 0 Å². The molecule has 2 aromatic carbocycles. The Morgan fingerprint density at radius 2 is 2.07 bits per heavy atom. The Morgan fingerprint density at radius 3 is 2.81 bits per heavy atom. The van der Waals surface area contributed by atoms with Crippen molar-refractivity contribution in [3.8, 4) is 11.5 Å². The van der Waals surface area contributed by atoms with Gasteiger partial charge in [-0.1, -0.05) is 43.0 Å². The predicted molar refractivity (Wildman–Crippen MR) is 106 cm³/mol. The van der Waals surface area contributed by atoms with E-state index in [1.165, 1.54) is 5.56 Å². The molecule has 1 N–H and O–H groups in total. The molecule has 0 bridgehead atoms. The quantitative estimate of drug-likeness (QED) is 0.729. The Morgan fingerprint density at radius 1 is 1.26 bits per heavy atom. The molecule has 1 amide bonds. The zero-order chi connectivity index (χ0) is 19.1. The molecule has 1 atom stereocenters. The highest BCUT2D eigenvalue weighted by Crippen LogP contribution is 2.28. The summed E-state index contributed by atoms with van der Waals surface area (Å²) in [6.45, 7) is 6.78. The predicted octanol–water partition coefficient (Wildman–Crippen LogP) is 3.26. The van der Waals surface area contributed by atoms with Crippen molar-refractivity contribution in [1.29, 1.82) is 0 Å². The number of carbonyl (C=O) groups excluding carboxylic acids is 1. The fourth-order valence-electron chi connectivity index (χ4n) is 3.28. The van der Waals surface area contributed by atoms with Crippen LogP contribution in [-0.4, -0.2) is 43.7 Å². The Balaban J connectivity index is 1.56. The third kappa shape index (κ3) is 5.11. The van der Waals surface area contributed by atoms with Gasteiger partial charge >= 0.3 is 0 Å². The van der Waals surface area contributed by atoms with Crippen LogP contribution in [-0.2, 0) is 6.54 Å². The van der Waals surface area contributed by atoms with Gasteiger partial charge in [-0.15, -0.1) is 0 Å². The zero-order valence-electron chi connectivity index (χ0n) is 15.7. The lowest BCUT2D eigenvalue weighted by molar-refractivity contribution is 0.0937. The second kappa shape index (κ2) is 9.24. The molecule has 142 valence electrons. The summed E-state index contributed by atoms with van der Waals surface area (Å²) in [5, 5.41) is 3.13. The molecular formula is C22H26N2O3. The van der Waals surface area contributed by atoms with Crippen LogP contribution in [0.2, 0.25) is 0 Å². The SMILES string of the molecule is C=CCOc1ccc(C(=O)NC2CCN(Cc3ccccc3)C2)cc1OC. The highest BCUT2D eigenvalue weighted by molar-refractivity contribution is 5.95. The van der Waals surface area contributed by atoms with E-state index in [4.69, 9.17) is 9.47 Å². The second-order valence-electron chi connectivity index (χ2n) is 6.65. The van der Waals surface area contributed by atoms with Gasteiger partial charge in [-0.25, -0.2) is 0 Å². The maximum atomic E-state index is 12.6. The first-order valence-corrected chi connectivity index (χ1v) is 9.18. The summed E-state index contributed by atoms with van der Waals surface area (Å²) < 4.78 is 10.9. The average Bonchev–Trinajstić information content (AvgIpc) is 3.13. The van der Waals surface area contributed by atoms with Crippen molar-refractivity contribution in [2.45, 2.75) is 19.0 Å². The lowest BCUT2D eigenvalue weighted by atomic mass is 10.1. The van der Waals surface area contributed by atoms with Crippen LogP contribution < -0.4 is 14.8 Å². The zero-order valence-corrected chi connectivity index (χ0v) is 15.7. The molecule has 1 aliphatic heterocycles. The third-order valence-corrected chi connectivity index (χ3v) is 4.64. The number of nitrogens with zero attached hydrogens (tertiary/aromatic N) is 1. The molecule has 0 spiro atoms. The van der Waals surface area contributed by atoms with Crippen LogP contribution in [0.25, 0.3) is 0 Å². The van der Waals surface area contributed by atoms with E-state index in [1.54, 1.807) is 31.4 Å². The van der Waals surface area contributed by atoms with Crippen molar-refractivity contribution in [2.75, 3.05) is 26.8 Å². The van der Waals surface area contributed by atoms with E-state index in [0.717, 1.165) is 26.1 Å². The van der Waals surface area contributed by atoms with Crippen LogP contribution in [0.3, 0.4) is 0 Å². The molecule has 1 heterocycles. The first kappa shape index (κ1) is 19.0. The minimum Gasteiger partial charge on any atom is -0.493 e. The van der Waals surface area contributed by atoms with E-state index in [-0.39, 0.29) is 11.9 Å². The van der Waals surface area contributed by atoms with Gasteiger partial charge in [0.15, 0.2) is 11.5 Å². The minimum absolute atomic E-state index is 0.0878. The molecule has 5 nitrogen and oxygen atoms in total. The van der Waals surface area contributed by atoms with Crippen LogP contribution in [0.15, 0.2) is 61.2 Å². The van der Waals surface area contributed by atoms with E-state index >= 15 is 0 Å². The minimum atomic E-state index is -0.0878. The first-order chi connectivity index (χ1) is 13.2.